The Morgan fingerprint density at radius 2 is 1.56 bits per heavy atom. The summed E-state index contributed by atoms with van der Waals surface area (Å²) in [7, 11) is 2.96. The average molecular weight is 526 g/mol. The Labute approximate surface area is 203 Å². The molecule has 0 saturated carbocycles. The summed E-state index contributed by atoms with van der Waals surface area (Å²) in [6, 6.07) is 18.0. The number of carbonyl (C=O) groups is 3. The van der Waals surface area contributed by atoms with Crippen LogP contribution in [0.3, 0.4) is 0 Å². The largest absolute Gasteiger partial charge is 0.493 e. The minimum atomic E-state index is -0.959. The van der Waals surface area contributed by atoms with Crippen molar-refractivity contribution in [2.24, 2.45) is 5.10 Å². The van der Waals surface area contributed by atoms with Crippen molar-refractivity contribution in [2.75, 3.05) is 19.5 Å². The Kier molecular flexibility index (Phi) is 8.36. The molecule has 174 valence electrons. The molecule has 9 nitrogen and oxygen atoms in total. The first-order valence-corrected chi connectivity index (χ1v) is 10.6. The maximum Gasteiger partial charge on any atom is 0.343 e. The van der Waals surface area contributed by atoms with Crippen molar-refractivity contribution in [1.82, 2.24) is 5.43 Å². The molecule has 0 bridgehead atoms. The molecule has 2 N–H and O–H groups in total. The van der Waals surface area contributed by atoms with Crippen LogP contribution in [0.1, 0.15) is 15.9 Å². The van der Waals surface area contributed by atoms with Gasteiger partial charge in [0.2, 0.25) is 0 Å². The molecule has 0 aliphatic carbocycles. The number of halogens is 1. The van der Waals surface area contributed by atoms with Gasteiger partial charge >= 0.3 is 17.8 Å². The average Bonchev–Trinajstić information content (AvgIpc) is 2.85. The zero-order valence-electron chi connectivity index (χ0n) is 18.2. The van der Waals surface area contributed by atoms with E-state index in [2.05, 4.69) is 31.8 Å². The molecule has 2 amide bonds. The van der Waals surface area contributed by atoms with E-state index in [1.165, 1.54) is 26.5 Å². The van der Waals surface area contributed by atoms with Crippen molar-refractivity contribution >= 4 is 45.6 Å². The lowest BCUT2D eigenvalue weighted by Gasteiger charge is -2.11. The van der Waals surface area contributed by atoms with Crippen molar-refractivity contribution < 1.29 is 28.6 Å². The van der Waals surface area contributed by atoms with Crippen molar-refractivity contribution in [3.05, 3.63) is 82.3 Å². The van der Waals surface area contributed by atoms with Crippen molar-refractivity contribution in [2.45, 2.75) is 0 Å². The molecule has 0 fully saturated rings. The molecule has 3 aromatic rings. The van der Waals surface area contributed by atoms with Crippen LogP contribution >= 0.6 is 15.9 Å². The molecule has 0 unspecified atom stereocenters. The molecule has 34 heavy (non-hydrogen) atoms. The van der Waals surface area contributed by atoms with E-state index in [0.717, 1.165) is 0 Å². The number of anilines is 1. The van der Waals surface area contributed by atoms with Crippen molar-refractivity contribution in [3.8, 4) is 17.2 Å². The summed E-state index contributed by atoms with van der Waals surface area (Å²) in [5.74, 6) is -1.43. The van der Waals surface area contributed by atoms with Gasteiger partial charge in [-0.2, -0.15) is 5.10 Å². The number of nitrogens with one attached hydrogen (secondary N) is 2. The van der Waals surface area contributed by atoms with Gasteiger partial charge in [-0.25, -0.2) is 10.2 Å². The topological polar surface area (TPSA) is 115 Å². The van der Waals surface area contributed by atoms with Gasteiger partial charge in [0.1, 0.15) is 5.75 Å². The first kappa shape index (κ1) is 24.5. The summed E-state index contributed by atoms with van der Waals surface area (Å²) in [6.45, 7) is 0. The summed E-state index contributed by atoms with van der Waals surface area (Å²) in [4.78, 5) is 36.7. The molecule has 0 atom stereocenters. The highest BCUT2D eigenvalue weighted by molar-refractivity contribution is 9.10. The lowest BCUT2D eigenvalue weighted by Crippen LogP contribution is -2.32. The van der Waals surface area contributed by atoms with E-state index in [9.17, 15) is 14.4 Å². The number of ether oxygens (including phenoxy) is 3. The van der Waals surface area contributed by atoms with Gasteiger partial charge in [-0.3, -0.25) is 9.59 Å². The lowest BCUT2D eigenvalue weighted by atomic mass is 10.2. The molecule has 0 aromatic heterocycles. The van der Waals surface area contributed by atoms with E-state index in [-0.39, 0.29) is 11.3 Å². The van der Waals surface area contributed by atoms with Crippen LogP contribution in [0.25, 0.3) is 0 Å². The van der Waals surface area contributed by atoms with E-state index in [1.54, 1.807) is 60.7 Å². The number of hydrazone groups is 1. The summed E-state index contributed by atoms with van der Waals surface area (Å²) >= 11 is 3.34. The van der Waals surface area contributed by atoms with Crippen molar-refractivity contribution in [3.63, 3.8) is 0 Å². The Morgan fingerprint density at radius 3 is 2.26 bits per heavy atom. The standard InChI is InChI=1S/C24H20BrN3O6/c1-32-20-10-8-15(13-21(20)33-2)24(31)34-19-11-9-17(25)12-16(19)14-26-28-23(30)22(29)27-18-6-4-3-5-7-18/h3-14H,1-2H3,(H,27,29)(H,28,30). The first-order chi connectivity index (χ1) is 16.4. The molecule has 0 radical (unpaired) electrons. The predicted octanol–water partition coefficient (Wildman–Crippen LogP) is 3.77. The number of methoxy groups -OCH3 is 2. The fourth-order valence-electron chi connectivity index (χ4n) is 2.76. The number of amides is 2. The molecule has 0 aliphatic rings. The number of para-hydroxylation sites is 1. The monoisotopic (exact) mass is 525 g/mol. The molecule has 0 aliphatic heterocycles. The summed E-state index contributed by atoms with van der Waals surface area (Å²) < 4.78 is 16.6. The third-order valence-electron chi connectivity index (χ3n) is 4.40. The van der Waals surface area contributed by atoms with E-state index >= 15 is 0 Å². The first-order valence-electron chi connectivity index (χ1n) is 9.84. The van der Waals surface area contributed by atoms with Gasteiger partial charge in [0, 0.05) is 15.7 Å². The second kappa shape index (κ2) is 11.6. The summed E-state index contributed by atoms with van der Waals surface area (Å²) in [5.41, 5.74) is 3.24. The van der Waals surface area contributed by atoms with Crippen LogP contribution < -0.4 is 25.0 Å². The Balaban J connectivity index is 1.70. The van der Waals surface area contributed by atoms with E-state index in [0.29, 0.717) is 27.2 Å². The highest BCUT2D eigenvalue weighted by Gasteiger charge is 2.16. The van der Waals surface area contributed by atoms with Gasteiger partial charge in [-0.1, -0.05) is 34.1 Å². The molecule has 0 saturated heterocycles. The second-order valence-electron chi connectivity index (χ2n) is 6.66. The minimum absolute atomic E-state index is 0.190. The highest BCUT2D eigenvalue weighted by Crippen LogP contribution is 2.29. The van der Waals surface area contributed by atoms with Gasteiger partial charge in [0.25, 0.3) is 0 Å². The normalized spacial score (nSPS) is 10.4. The molecule has 0 spiro atoms. The lowest BCUT2D eigenvalue weighted by molar-refractivity contribution is -0.136. The van der Waals surface area contributed by atoms with Gasteiger partial charge in [-0.05, 0) is 48.5 Å². The molecule has 3 rings (SSSR count). The number of carbonyl (C=O) groups excluding carboxylic acids is 3. The van der Waals surface area contributed by atoms with E-state index in [1.807, 2.05) is 0 Å². The van der Waals surface area contributed by atoms with E-state index < -0.39 is 17.8 Å². The second-order valence-corrected chi connectivity index (χ2v) is 7.58. The molecular formula is C24H20BrN3O6. The number of hydrogen-bond donors (Lipinski definition) is 2. The maximum absolute atomic E-state index is 12.7. The van der Waals surface area contributed by atoms with Crippen LogP contribution in [-0.4, -0.2) is 38.2 Å². The van der Waals surface area contributed by atoms with Gasteiger partial charge in [-0.15, -0.1) is 0 Å². The number of benzene rings is 3. The zero-order valence-corrected chi connectivity index (χ0v) is 19.8. The third-order valence-corrected chi connectivity index (χ3v) is 4.89. The number of hydrogen-bond acceptors (Lipinski definition) is 7. The highest BCUT2D eigenvalue weighted by atomic mass is 79.9. The summed E-state index contributed by atoms with van der Waals surface area (Å²) in [5, 5.41) is 6.25. The third kappa shape index (κ3) is 6.42. The fraction of sp³-hybridized carbons (Fsp3) is 0.0833. The quantitative estimate of drug-likeness (QED) is 0.159. The number of esters is 1. The van der Waals surface area contributed by atoms with Crippen LogP contribution in [0.4, 0.5) is 5.69 Å². The number of nitrogens with zero attached hydrogens (tertiary/aromatic N) is 1. The minimum Gasteiger partial charge on any atom is -0.493 e. The number of rotatable bonds is 7. The van der Waals surface area contributed by atoms with Crippen LogP contribution in [0, 0.1) is 0 Å². The molecular weight excluding hydrogens is 506 g/mol. The molecule has 0 heterocycles. The Hall–Kier alpha value is -4.18. The van der Waals surface area contributed by atoms with Gasteiger partial charge < -0.3 is 19.5 Å². The Bertz CT molecular complexity index is 1230. The van der Waals surface area contributed by atoms with Gasteiger partial charge in [0.05, 0.1) is 26.0 Å². The predicted molar refractivity (Wildman–Crippen MR) is 129 cm³/mol. The SMILES string of the molecule is COc1ccc(C(=O)Oc2ccc(Br)cc2C=NNC(=O)C(=O)Nc2ccccc2)cc1OC. The molecule has 3 aromatic carbocycles. The van der Waals surface area contributed by atoms with Crippen LogP contribution in [0.2, 0.25) is 0 Å². The summed E-state index contributed by atoms with van der Waals surface area (Å²) in [6.07, 6.45) is 1.26. The van der Waals surface area contributed by atoms with E-state index in [4.69, 9.17) is 14.2 Å². The van der Waals surface area contributed by atoms with Crippen LogP contribution in [0.15, 0.2) is 76.3 Å². The maximum atomic E-state index is 12.7. The van der Waals surface area contributed by atoms with Crippen LogP contribution in [0.5, 0.6) is 17.2 Å². The zero-order chi connectivity index (χ0) is 24.5. The molecule has 10 heteroatoms. The Morgan fingerprint density at radius 1 is 0.853 bits per heavy atom. The van der Waals surface area contributed by atoms with Crippen LogP contribution in [-0.2, 0) is 9.59 Å². The smallest absolute Gasteiger partial charge is 0.343 e. The fourth-order valence-corrected chi connectivity index (χ4v) is 3.13. The van der Waals surface area contributed by atoms with Gasteiger partial charge in [0.15, 0.2) is 11.5 Å². The van der Waals surface area contributed by atoms with Crippen molar-refractivity contribution in [1.29, 1.82) is 0 Å².